The maximum absolute atomic E-state index is 13.7. The van der Waals surface area contributed by atoms with Crippen LogP contribution >= 0.6 is 0 Å². The minimum Gasteiger partial charge on any atom is -0.493 e. The Morgan fingerprint density at radius 3 is 2.58 bits per heavy atom. The lowest BCUT2D eigenvalue weighted by atomic mass is 10.2. The molecular formula is C17H13F2N3O2. The molecule has 0 aliphatic rings. The van der Waals surface area contributed by atoms with E-state index in [1.54, 1.807) is 12.1 Å². The molecule has 1 amide bonds. The number of anilines is 1. The van der Waals surface area contributed by atoms with Gasteiger partial charge < -0.3 is 10.1 Å². The number of benzene rings is 2. The first-order valence-corrected chi connectivity index (χ1v) is 7.04. The highest BCUT2D eigenvalue weighted by molar-refractivity contribution is 6.04. The number of hydrogen-bond acceptors (Lipinski definition) is 3. The zero-order chi connectivity index (χ0) is 17.1. The molecule has 0 unspecified atom stereocenters. The van der Waals surface area contributed by atoms with Crippen LogP contribution in [-0.2, 0) is 0 Å². The third-order valence-corrected chi connectivity index (χ3v) is 3.34. The number of ether oxygens (including phenoxy) is 1. The van der Waals surface area contributed by atoms with Gasteiger partial charge in [-0.05, 0) is 24.3 Å². The van der Waals surface area contributed by atoms with E-state index in [4.69, 9.17) is 4.74 Å². The molecule has 24 heavy (non-hydrogen) atoms. The van der Waals surface area contributed by atoms with E-state index in [0.29, 0.717) is 0 Å². The van der Waals surface area contributed by atoms with E-state index in [1.165, 1.54) is 30.1 Å². The van der Waals surface area contributed by atoms with E-state index in [1.807, 2.05) is 18.2 Å². The van der Waals surface area contributed by atoms with Crippen molar-refractivity contribution in [1.82, 2.24) is 9.78 Å². The Balaban J connectivity index is 1.92. The number of aromatic nitrogens is 2. The van der Waals surface area contributed by atoms with Gasteiger partial charge in [-0.2, -0.15) is 5.10 Å². The summed E-state index contributed by atoms with van der Waals surface area (Å²) < 4.78 is 33.5. The summed E-state index contributed by atoms with van der Waals surface area (Å²) in [4.78, 5) is 12.3. The van der Waals surface area contributed by atoms with E-state index in [0.717, 1.165) is 11.8 Å². The van der Waals surface area contributed by atoms with Crippen LogP contribution in [0.3, 0.4) is 0 Å². The van der Waals surface area contributed by atoms with Crippen molar-refractivity contribution in [3.05, 3.63) is 72.1 Å². The molecule has 0 saturated carbocycles. The number of carbonyl (C=O) groups is 1. The number of rotatable bonds is 4. The first kappa shape index (κ1) is 15.7. The maximum Gasteiger partial charge on any atom is 0.280 e. The quantitative estimate of drug-likeness (QED) is 0.798. The molecule has 7 heteroatoms. The van der Waals surface area contributed by atoms with E-state index < -0.39 is 17.5 Å². The highest BCUT2D eigenvalue weighted by Crippen LogP contribution is 2.22. The summed E-state index contributed by atoms with van der Waals surface area (Å²) in [5, 5.41) is 6.46. The SMILES string of the molecule is COc1cn(-c2ccccc2)nc1C(=O)Nc1cccc(F)c1F. The summed E-state index contributed by atoms with van der Waals surface area (Å²) in [7, 11) is 1.39. The lowest BCUT2D eigenvalue weighted by Crippen LogP contribution is -2.15. The lowest BCUT2D eigenvalue weighted by Gasteiger charge is -2.06. The Morgan fingerprint density at radius 2 is 1.88 bits per heavy atom. The van der Waals surface area contributed by atoms with Gasteiger partial charge in [0, 0.05) is 0 Å². The van der Waals surface area contributed by atoms with E-state index in [-0.39, 0.29) is 17.1 Å². The Labute approximate surface area is 136 Å². The topological polar surface area (TPSA) is 56.2 Å². The van der Waals surface area contributed by atoms with Crippen molar-refractivity contribution < 1.29 is 18.3 Å². The molecule has 1 N–H and O–H groups in total. The van der Waals surface area contributed by atoms with Gasteiger partial charge in [0.2, 0.25) is 0 Å². The maximum atomic E-state index is 13.7. The average molecular weight is 329 g/mol. The minimum atomic E-state index is -1.13. The van der Waals surface area contributed by atoms with Gasteiger partial charge in [-0.25, -0.2) is 13.5 Å². The fourth-order valence-electron chi connectivity index (χ4n) is 2.16. The summed E-state index contributed by atoms with van der Waals surface area (Å²) in [6.45, 7) is 0. The minimum absolute atomic E-state index is 0.0370. The smallest absolute Gasteiger partial charge is 0.280 e. The van der Waals surface area contributed by atoms with Crippen LogP contribution in [0.2, 0.25) is 0 Å². The number of amides is 1. The average Bonchev–Trinajstić information content (AvgIpc) is 3.04. The molecule has 0 radical (unpaired) electrons. The molecule has 0 bridgehead atoms. The second-order valence-electron chi connectivity index (χ2n) is 4.88. The number of methoxy groups -OCH3 is 1. The molecule has 3 rings (SSSR count). The molecule has 0 fully saturated rings. The summed E-state index contributed by atoms with van der Waals surface area (Å²) in [5.41, 5.74) is 0.424. The summed E-state index contributed by atoms with van der Waals surface area (Å²) >= 11 is 0. The monoisotopic (exact) mass is 329 g/mol. The predicted octanol–water partition coefficient (Wildman–Crippen LogP) is 3.41. The van der Waals surface area contributed by atoms with Gasteiger partial charge >= 0.3 is 0 Å². The zero-order valence-corrected chi connectivity index (χ0v) is 12.7. The molecular weight excluding hydrogens is 316 g/mol. The summed E-state index contributed by atoms with van der Waals surface area (Å²) in [5.74, 6) is -2.67. The second-order valence-corrected chi connectivity index (χ2v) is 4.88. The van der Waals surface area contributed by atoms with Crippen molar-refractivity contribution in [1.29, 1.82) is 0 Å². The van der Waals surface area contributed by atoms with Gasteiger partial charge in [0.15, 0.2) is 23.1 Å². The van der Waals surface area contributed by atoms with Crippen LogP contribution < -0.4 is 10.1 Å². The van der Waals surface area contributed by atoms with Gasteiger partial charge in [0.1, 0.15) is 0 Å². The van der Waals surface area contributed by atoms with Crippen molar-refractivity contribution >= 4 is 11.6 Å². The van der Waals surface area contributed by atoms with E-state index in [2.05, 4.69) is 10.4 Å². The number of hydrogen-bond donors (Lipinski definition) is 1. The zero-order valence-electron chi connectivity index (χ0n) is 12.7. The van der Waals surface area contributed by atoms with Gasteiger partial charge in [-0.3, -0.25) is 4.79 Å². The molecule has 5 nitrogen and oxygen atoms in total. The van der Waals surface area contributed by atoms with Crippen LogP contribution in [-0.4, -0.2) is 22.8 Å². The van der Waals surface area contributed by atoms with Crippen molar-refractivity contribution in [2.75, 3.05) is 12.4 Å². The van der Waals surface area contributed by atoms with Crippen LogP contribution in [0.25, 0.3) is 5.69 Å². The molecule has 2 aromatic carbocycles. The molecule has 3 aromatic rings. The predicted molar refractivity (Wildman–Crippen MR) is 84.4 cm³/mol. The van der Waals surface area contributed by atoms with Crippen molar-refractivity contribution in [3.63, 3.8) is 0 Å². The Bertz CT molecular complexity index is 879. The molecule has 0 spiro atoms. The Hall–Kier alpha value is -3.22. The van der Waals surface area contributed by atoms with Gasteiger partial charge in [-0.1, -0.05) is 24.3 Å². The number of halogens is 2. The highest BCUT2D eigenvalue weighted by atomic mass is 19.2. The molecule has 0 atom stereocenters. The number of nitrogens with one attached hydrogen (secondary N) is 1. The second kappa shape index (κ2) is 6.49. The van der Waals surface area contributed by atoms with E-state index >= 15 is 0 Å². The van der Waals surface area contributed by atoms with Crippen LogP contribution in [0.4, 0.5) is 14.5 Å². The first-order chi connectivity index (χ1) is 11.6. The van der Waals surface area contributed by atoms with Crippen LogP contribution in [0.1, 0.15) is 10.5 Å². The Kier molecular flexibility index (Phi) is 4.24. The van der Waals surface area contributed by atoms with Crippen molar-refractivity contribution in [3.8, 4) is 11.4 Å². The van der Waals surface area contributed by atoms with Crippen molar-refractivity contribution in [2.24, 2.45) is 0 Å². The normalized spacial score (nSPS) is 10.5. The van der Waals surface area contributed by atoms with Gasteiger partial charge in [-0.15, -0.1) is 0 Å². The largest absolute Gasteiger partial charge is 0.493 e. The van der Waals surface area contributed by atoms with Crippen molar-refractivity contribution in [2.45, 2.75) is 0 Å². The lowest BCUT2D eigenvalue weighted by molar-refractivity contribution is 0.101. The first-order valence-electron chi connectivity index (χ1n) is 7.04. The Morgan fingerprint density at radius 1 is 1.12 bits per heavy atom. The van der Waals surface area contributed by atoms with Crippen LogP contribution in [0.5, 0.6) is 5.75 Å². The highest BCUT2D eigenvalue weighted by Gasteiger charge is 2.20. The molecule has 1 heterocycles. The number of nitrogens with zero attached hydrogens (tertiary/aromatic N) is 2. The third kappa shape index (κ3) is 2.96. The fourth-order valence-corrected chi connectivity index (χ4v) is 2.16. The molecule has 0 aliphatic heterocycles. The molecule has 0 saturated heterocycles. The fraction of sp³-hybridized carbons (Fsp3) is 0.0588. The van der Waals surface area contributed by atoms with Crippen LogP contribution in [0, 0.1) is 11.6 Å². The standard InChI is InChI=1S/C17H13F2N3O2/c1-24-14-10-22(11-6-3-2-4-7-11)21-16(14)17(23)20-13-9-5-8-12(18)15(13)19/h2-10H,1H3,(H,20,23). The van der Waals surface area contributed by atoms with Gasteiger partial charge in [0.25, 0.3) is 5.91 Å². The third-order valence-electron chi connectivity index (χ3n) is 3.34. The summed E-state index contributed by atoms with van der Waals surface area (Å²) in [6.07, 6.45) is 1.53. The molecule has 0 aliphatic carbocycles. The summed E-state index contributed by atoms with van der Waals surface area (Å²) in [6, 6.07) is 12.6. The number of para-hydroxylation sites is 1. The molecule has 1 aromatic heterocycles. The van der Waals surface area contributed by atoms with E-state index in [9.17, 15) is 13.6 Å². The number of carbonyl (C=O) groups excluding carboxylic acids is 1. The van der Waals surface area contributed by atoms with Crippen LogP contribution in [0.15, 0.2) is 54.7 Å². The molecule has 122 valence electrons. The van der Waals surface area contributed by atoms with Gasteiger partial charge in [0.05, 0.1) is 24.7 Å².